The zero-order valence-corrected chi connectivity index (χ0v) is 18.3. The summed E-state index contributed by atoms with van der Waals surface area (Å²) in [5.74, 6) is 0. The minimum Gasteiger partial charge on any atom is -0.326 e. The lowest BCUT2D eigenvalue weighted by Gasteiger charge is -2.24. The zero-order chi connectivity index (χ0) is 20.9. The maximum atomic E-state index is 5.75. The lowest BCUT2D eigenvalue weighted by molar-refractivity contribution is 0.247. The van der Waals surface area contributed by atoms with Crippen molar-refractivity contribution < 1.29 is 0 Å². The van der Waals surface area contributed by atoms with Gasteiger partial charge in [-0.25, -0.2) is 0 Å². The summed E-state index contributed by atoms with van der Waals surface area (Å²) >= 11 is 0. The Labute approximate surface area is 176 Å². The molecule has 3 aromatic carbocycles. The maximum absolute atomic E-state index is 5.75. The average molecular weight is 387 g/mol. The van der Waals surface area contributed by atoms with Gasteiger partial charge in [0.2, 0.25) is 0 Å². The number of nitrogens with zero attached hydrogens (tertiary/aromatic N) is 1. The van der Waals surface area contributed by atoms with E-state index in [9.17, 15) is 0 Å². The van der Waals surface area contributed by atoms with Crippen molar-refractivity contribution in [3.8, 4) is 0 Å². The third-order valence-corrected chi connectivity index (χ3v) is 5.38. The molecule has 0 heterocycles. The van der Waals surface area contributed by atoms with Gasteiger partial charge in [-0.3, -0.25) is 4.90 Å². The van der Waals surface area contributed by atoms with E-state index in [0.29, 0.717) is 6.54 Å². The van der Waals surface area contributed by atoms with Crippen LogP contribution >= 0.6 is 0 Å². The monoisotopic (exact) mass is 386 g/mol. The maximum Gasteiger partial charge on any atom is 0.0240 e. The van der Waals surface area contributed by atoms with E-state index in [0.717, 1.165) is 19.6 Å². The Hall–Kier alpha value is -2.42. The molecular formula is C27H34N2. The van der Waals surface area contributed by atoms with Gasteiger partial charge >= 0.3 is 0 Å². The molecule has 0 spiro atoms. The predicted molar refractivity (Wildman–Crippen MR) is 124 cm³/mol. The molecule has 0 aromatic heterocycles. The molecule has 2 N–H and O–H groups in total. The van der Waals surface area contributed by atoms with Gasteiger partial charge in [-0.15, -0.1) is 0 Å². The van der Waals surface area contributed by atoms with Crippen LogP contribution in [0.2, 0.25) is 0 Å². The SMILES string of the molecule is Cc1cccc(CN(Cc2ccc(CN)cc2)Cc2ccc(C(C)(C)C)cc2)c1. The highest BCUT2D eigenvalue weighted by molar-refractivity contribution is 5.28. The molecule has 0 atom stereocenters. The molecule has 0 saturated heterocycles. The van der Waals surface area contributed by atoms with Gasteiger partial charge in [0.1, 0.15) is 0 Å². The van der Waals surface area contributed by atoms with Crippen LogP contribution in [-0.4, -0.2) is 4.90 Å². The van der Waals surface area contributed by atoms with Crippen molar-refractivity contribution in [3.05, 3.63) is 106 Å². The van der Waals surface area contributed by atoms with Crippen molar-refractivity contribution in [2.45, 2.75) is 59.3 Å². The van der Waals surface area contributed by atoms with E-state index in [1.807, 2.05) is 0 Å². The number of hydrogen-bond acceptors (Lipinski definition) is 2. The molecule has 29 heavy (non-hydrogen) atoms. The van der Waals surface area contributed by atoms with Gasteiger partial charge in [-0.2, -0.15) is 0 Å². The van der Waals surface area contributed by atoms with Gasteiger partial charge < -0.3 is 5.73 Å². The van der Waals surface area contributed by atoms with E-state index >= 15 is 0 Å². The summed E-state index contributed by atoms with van der Waals surface area (Å²) in [6.07, 6.45) is 0. The molecule has 0 aliphatic rings. The summed E-state index contributed by atoms with van der Waals surface area (Å²) in [5, 5.41) is 0. The van der Waals surface area contributed by atoms with Gasteiger partial charge in [0.05, 0.1) is 0 Å². The molecule has 2 heteroatoms. The van der Waals surface area contributed by atoms with Crippen LogP contribution in [-0.2, 0) is 31.6 Å². The fourth-order valence-corrected chi connectivity index (χ4v) is 3.64. The lowest BCUT2D eigenvalue weighted by Crippen LogP contribution is -2.22. The van der Waals surface area contributed by atoms with Crippen LogP contribution in [0.5, 0.6) is 0 Å². The second kappa shape index (κ2) is 9.39. The molecule has 0 unspecified atom stereocenters. The highest BCUT2D eigenvalue weighted by Crippen LogP contribution is 2.23. The summed E-state index contributed by atoms with van der Waals surface area (Å²) in [4.78, 5) is 2.51. The Morgan fingerprint density at radius 2 is 1.21 bits per heavy atom. The molecule has 0 fully saturated rings. The van der Waals surface area contributed by atoms with Gasteiger partial charge in [0, 0.05) is 26.2 Å². The Morgan fingerprint density at radius 3 is 1.72 bits per heavy atom. The van der Waals surface area contributed by atoms with E-state index in [1.54, 1.807) is 0 Å². The smallest absolute Gasteiger partial charge is 0.0240 e. The minimum absolute atomic E-state index is 0.185. The normalized spacial score (nSPS) is 11.8. The third-order valence-electron chi connectivity index (χ3n) is 5.38. The van der Waals surface area contributed by atoms with Crippen LogP contribution < -0.4 is 5.73 Å². The Kier molecular flexibility index (Phi) is 6.89. The Morgan fingerprint density at radius 1 is 0.690 bits per heavy atom. The topological polar surface area (TPSA) is 29.3 Å². The first kappa shape index (κ1) is 21.3. The van der Waals surface area contributed by atoms with Crippen molar-refractivity contribution >= 4 is 0 Å². The summed E-state index contributed by atoms with van der Waals surface area (Å²) < 4.78 is 0. The number of benzene rings is 3. The predicted octanol–water partition coefficient (Wildman–Crippen LogP) is 5.95. The van der Waals surface area contributed by atoms with Crippen LogP contribution in [0, 0.1) is 6.92 Å². The van der Waals surface area contributed by atoms with E-state index in [2.05, 4.69) is 105 Å². The van der Waals surface area contributed by atoms with E-state index in [4.69, 9.17) is 5.73 Å². The van der Waals surface area contributed by atoms with E-state index in [-0.39, 0.29) is 5.41 Å². The summed E-state index contributed by atoms with van der Waals surface area (Å²) in [7, 11) is 0. The standard InChI is InChI=1S/C27H34N2/c1-21-6-5-7-25(16-21)20-29(18-23-10-8-22(17-28)9-11-23)19-24-12-14-26(15-13-24)27(2,3)4/h5-16H,17-20,28H2,1-4H3. The molecule has 0 bridgehead atoms. The molecular weight excluding hydrogens is 352 g/mol. The molecule has 0 saturated carbocycles. The Bertz CT molecular complexity index is 903. The molecule has 0 aliphatic carbocycles. The third kappa shape index (κ3) is 6.28. The van der Waals surface area contributed by atoms with Crippen LogP contribution in [0.4, 0.5) is 0 Å². The van der Waals surface area contributed by atoms with Crippen LogP contribution in [0.25, 0.3) is 0 Å². The molecule has 0 radical (unpaired) electrons. The fourth-order valence-electron chi connectivity index (χ4n) is 3.64. The second-order valence-electron chi connectivity index (χ2n) is 9.10. The first-order valence-electron chi connectivity index (χ1n) is 10.5. The molecule has 0 amide bonds. The summed E-state index contributed by atoms with van der Waals surface area (Å²) in [6, 6.07) is 26.6. The van der Waals surface area contributed by atoms with Crippen LogP contribution in [0.15, 0.2) is 72.8 Å². The molecule has 3 rings (SSSR count). The highest BCUT2D eigenvalue weighted by Gasteiger charge is 2.14. The minimum atomic E-state index is 0.185. The highest BCUT2D eigenvalue weighted by atomic mass is 15.1. The average Bonchev–Trinajstić information content (AvgIpc) is 2.68. The van der Waals surface area contributed by atoms with Gasteiger partial charge in [-0.05, 0) is 40.2 Å². The molecule has 3 aromatic rings. The molecule has 152 valence electrons. The number of rotatable bonds is 7. The molecule has 0 aliphatic heterocycles. The van der Waals surface area contributed by atoms with Gasteiger partial charge in [0.25, 0.3) is 0 Å². The fraction of sp³-hybridized carbons (Fsp3) is 0.333. The van der Waals surface area contributed by atoms with Crippen LogP contribution in [0.3, 0.4) is 0 Å². The van der Waals surface area contributed by atoms with Crippen molar-refractivity contribution in [1.82, 2.24) is 4.90 Å². The van der Waals surface area contributed by atoms with Crippen molar-refractivity contribution in [3.63, 3.8) is 0 Å². The second-order valence-corrected chi connectivity index (χ2v) is 9.10. The van der Waals surface area contributed by atoms with Crippen molar-refractivity contribution in [1.29, 1.82) is 0 Å². The summed E-state index contributed by atoms with van der Waals surface area (Å²) in [6.45, 7) is 12.3. The van der Waals surface area contributed by atoms with Gasteiger partial charge in [-0.1, -0.05) is 99.1 Å². The molecule has 2 nitrogen and oxygen atoms in total. The quantitative estimate of drug-likeness (QED) is 0.543. The van der Waals surface area contributed by atoms with Crippen molar-refractivity contribution in [2.24, 2.45) is 5.73 Å². The lowest BCUT2D eigenvalue weighted by atomic mass is 9.87. The van der Waals surface area contributed by atoms with E-state index < -0.39 is 0 Å². The van der Waals surface area contributed by atoms with Gasteiger partial charge in [0.15, 0.2) is 0 Å². The van der Waals surface area contributed by atoms with Crippen molar-refractivity contribution in [2.75, 3.05) is 0 Å². The first-order chi connectivity index (χ1) is 13.8. The van der Waals surface area contributed by atoms with Crippen LogP contribution in [0.1, 0.15) is 54.2 Å². The largest absolute Gasteiger partial charge is 0.326 e. The zero-order valence-electron chi connectivity index (χ0n) is 18.3. The number of nitrogens with two attached hydrogens (primary N) is 1. The number of hydrogen-bond donors (Lipinski definition) is 1. The Balaban J connectivity index is 1.79. The first-order valence-corrected chi connectivity index (χ1v) is 10.5. The number of aryl methyl sites for hydroxylation is 1. The van der Waals surface area contributed by atoms with E-state index in [1.165, 1.54) is 33.4 Å². The summed E-state index contributed by atoms with van der Waals surface area (Å²) in [5.41, 5.74) is 13.8.